The van der Waals surface area contributed by atoms with Crippen LogP contribution >= 0.6 is 0 Å². The largest absolute Gasteiger partial charge is 0.349 e. The Morgan fingerprint density at radius 2 is 2.05 bits per heavy atom. The van der Waals surface area contributed by atoms with Crippen molar-refractivity contribution in [2.24, 2.45) is 11.8 Å². The van der Waals surface area contributed by atoms with Crippen LogP contribution in [0.3, 0.4) is 0 Å². The fourth-order valence-corrected chi connectivity index (χ4v) is 3.23. The van der Waals surface area contributed by atoms with Gasteiger partial charge in [-0.05, 0) is 31.4 Å². The molecule has 2 bridgehead atoms. The van der Waals surface area contributed by atoms with Crippen molar-refractivity contribution in [2.75, 3.05) is 19.6 Å². The number of carbonyl (C=O) groups is 1. The highest BCUT2D eigenvalue weighted by molar-refractivity contribution is 5.80. The number of fused-ring (bicyclic) bond motifs is 2. The number of hydrogen-bond donors (Lipinski definition) is 1. The molecule has 3 nitrogen and oxygen atoms in total. The molecule has 4 atom stereocenters. The van der Waals surface area contributed by atoms with Crippen molar-refractivity contribution in [1.82, 2.24) is 10.2 Å². The van der Waals surface area contributed by atoms with Crippen molar-refractivity contribution >= 4 is 14.3 Å². The maximum atomic E-state index is 12.3. The van der Waals surface area contributed by atoms with E-state index in [9.17, 15) is 4.79 Å². The standard InChI is InChI=1S/C15H20N2O.BH3/c1-11(12-5-3-2-4-6-12)16-15(18)14-10-17-8-7-13(14)9-17;/h2-6,11,13-14H,7-10H2,1H3,(H,16,18);1H3/t11-,13?,14?;/m1./s1. The Hall–Kier alpha value is -1.29. The van der Waals surface area contributed by atoms with Gasteiger partial charge in [-0.2, -0.15) is 0 Å². The lowest BCUT2D eigenvalue weighted by molar-refractivity contribution is -0.126. The summed E-state index contributed by atoms with van der Waals surface area (Å²) in [6.45, 7) is 5.32. The van der Waals surface area contributed by atoms with E-state index in [0.29, 0.717) is 5.92 Å². The summed E-state index contributed by atoms with van der Waals surface area (Å²) in [7, 11) is 0. The van der Waals surface area contributed by atoms with Gasteiger partial charge in [0.05, 0.1) is 20.4 Å². The minimum Gasteiger partial charge on any atom is -0.349 e. The maximum Gasteiger partial charge on any atom is 0.225 e. The molecule has 102 valence electrons. The van der Waals surface area contributed by atoms with Gasteiger partial charge in [0.15, 0.2) is 0 Å². The highest BCUT2D eigenvalue weighted by atomic mass is 16.2. The van der Waals surface area contributed by atoms with E-state index in [1.54, 1.807) is 0 Å². The van der Waals surface area contributed by atoms with Gasteiger partial charge in [-0.25, -0.2) is 0 Å². The lowest BCUT2D eigenvalue weighted by Crippen LogP contribution is -2.38. The first-order valence-corrected chi connectivity index (χ1v) is 6.81. The van der Waals surface area contributed by atoms with Crippen molar-refractivity contribution in [2.45, 2.75) is 19.4 Å². The third-order valence-electron chi connectivity index (χ3n) is 4.33. The van der Waals surface area contributed by atoms with Gasteiger partial charge >= 0.3 is 0 Å². The molecule has 0 radical (unpaired) electrons. The molecule has 1 aromatic carbocycles. The second-order valence-electron chi connectivity index (χ2n) is 5.56. The molecule has 2 fully saturated rings. The highest BCUT2D eigenvalue weighted by Crippen LogP contribution is 2.33. The second-order valence-corrected chi connectivity index (χ2v) is 5.56. The van der Waals surface area contributed by atoms with Crippen LogP contribution < -0.4 is 5.32 Å². The zero-order valence-corrected chi connectivity index (χ0v) is 10.8. The van der Waals surface area contributed by atoms with Crippen LogP contribution in [0.15, 0.2) is 30.3 Å². The first-order valence-electron chi connectivity index (χ1n) is 6.81. The zero-order valence-electron chi connectivity index (χ0n) is 10.8. The van der Waals surface area contributed by atoms with Gasteiger partial charge in [0.1, 0.15) is 0 Å². The van der Waals surface area contributed by atoms with Crippen LogP contribution in [0.1, 0.15) is 24.9 Å². The Morgan fingerprint density at radius 1 is 1.32 bits per heavy atom. The summed E-state index contributed by atoms with van der Waals surface area (Å²) in [6, 6.07) is 10.3. The van der Waals surface area contributed by atoms with Crippen molar-refractivity contribution in [3.8, 4) is 0 Å². The van der Waals surface area contributed by atoms with Crippen molar-refractivity contribution in [3.05, 3.63) is 35.9 Å². The average molecular weight is 258 g/mol. The Kier molecular flexibility index (Phi) is 4.30. The lowest BCUT2D eigenvalue weighted by atomic mass is 9.91. The summed E-state index contributed by atoms with van der Waals surface area (Å²) in [4.78, 5) is 14.7. The molecule has 1 aromatic rings. The van der Waals surface area contributed by atoms with Gasteiger partial charge in [-0.3, -0.25) is 4.79 Å². The number of rotatable bonds is 3. The molecule has 0 aromatic heterocycles. The maximum absolute atomic E-state index is 12.3. The molecule has 0 aliphatic carbocycles. The van der Waals surface area contributed by atoms with Crippen LogP contribution in [0.25, 0.3) is 0 Å². The fraction of sp³-hybridized carbons (Fsp3) is 0.533. The fourth-order valence-electron chi connectivity index (χ4n) is 3.23. The molecule has 4 heteroatoms. The van der Waals surface area contributed by atoms with E-state index in [2.05, 4.69) is 29.3 Å². The molecule has 3 unspecified atom stereocenters. The number of benzene rings is 1. The van der Waals surface area contributed by atoms with Crippen molar-refractivity contribution < 1.29 is 4.79 Å². The minimum absolute atomic E-state index is 0. The van der Waals surface area contributed by atoms with Crippen molar-refractivity contribution in [3.63, 3.8) is 0 Å². The lowest BCUT2D eigenvalue weighted by Gasteiger charge is -2.23. The molecule has 1 N–H and O–H groups in total. The van der Waals surface area contributed by atoms with Crippen LogP contribution in [-0.2, 0) is 4.79 Å². The normalized spacial score (nSPS) is 29.6. The predicted octanol–water partition coefficient (Wildman–Crippen LogP) is 0.632. The van der Waals surface area contributed by atoms with Crippen molar-refractivity contribution in [1.29, 1.82) is 0 Å². The van der Waals surface area contributed by atoms with Gasteiger partial charge in [-0.1, -0.05) is 30.3 Å². The van der Waals surface area contributed by atoms with E-state index in [0.717, 1.165) is 13.1 Å². The number of hydrogen-bond acceptors (Lipinski definition) is 2. The van der Waals surface area contributed by atoms with Gasteiger partial charge in [-0.15, -0.1) is 0 Å². The number of nitrogens with one attached hydrogen (secondary N) is 1. The topological polar surface area (TPSA) is 32.3 Å². The summed E-state index contributed by atoms with van der Waals surface area (Å²) < 4.78 is 0. The summed E-state index contributed by atoms with van der Waals surface area (Å²) >= 11 is 0. The Balaban J connectivity index is 0.00000133. The van der Waals surface area contributed by atoms with Crippen LogP contribution in [0.2, 0.25) is 0 Å². The number of amides is 1. The van der Waals surface area contributed by atoms with Gasteiger partial charge in [0.25, 0.3) is 0 Å². The Labute approximate surface area is 116 Å². The molecule has 19 heavy (non-hydrogen) atoms. The number of carbonyl (C=O) groups excluding carboxylic acids is 1. The molecule has 2 saturated heterocycles. The van der Waals surface area contributed by atoms with Crippen LogP contribution in [0.4, 0.5) is 0 Å². The van der Waals surface area contributed by atoms with E-state index >= 15 is 0 Å². The van der Waals surface area contributed by atoms with Crippen LogP contribution in [-0.4, -0.2) is 38.9 Å². The highest BCUT2D eigenvalue weighted by Gasteiger charge is 2.41. The Bertz CT molecular complexity index is 437. The Morgan fingerprint density at radius 3 is 2.63 bits per heavy atom. The second kappa shape index (κ2) is 5.78. The smallest absolute Gasteiger partial charge is 0.225 e. The molecular formula is C15H23BN2O. The van der Waals surface area contributed by atoms with E-state index in [1.165, 1.54) is 18.5 Å². The summed E-state index contributed by atoms with van der Waals surface area (Å²) in [5, 5.41) is 3.16. The van der Waals surface area contributed by atoms with Crippen LogP contribution in [0.5, 0.6) is 0 Å². The quantitative estimate of drug-likeness (QED) is 0.807. The predicted molar refractivity (Wildman–Crippen MR) is 81.0 cm³/mol. The summed E-state index contributed by atoms with van der Waals surface area (Å²) in [5.41, 5.74) is 1.18. The molecule has 2 aliphatic rings. The third-order valence-corrected chi connectivity index (χ3v) is 4.33. The van der Waals surface area contributed by atoms with E-state index in [4.69, 9.17) is 0 Å². The molecular weight excluding hydrogens is 235 g/mol. The van der Waals surface area contributed by atoms with Crippen LogP contribution in [0, 0.1) is 11.8 Å². The first-order chi connectivity index (χ1) is 8.74. The number of nitrogens with zero attached hydrogens (tertiary/aromatic N) is 1. The SMILES string of the molecule is B.C[C@@H](NC(=O)C1CN2CCC1C2)c1ccccc1. The number of piperidine rings is 1. The van der Waals surface area contributed by atoms with E-state index in [-0.39, 0.29) is 26.3 Å². The zero-order chi connectivity index (χ0) is 12.5. The molecule has 0 spiro atoms. The summed E-state index contributed by atoms with van der Waals surface area (Å²) in [6.07, 6.45) is 1.19. The monoisotopic (exact) mass is 258 g/mol. The van der Waals surface area contributed by atoms with Gasteiger partial charge < -0.3 is 10.2 Å². The van der Waals surface area contributed by atoms with Gasteiger partial charge in [0.2, 0.25) is 5.91 Å². The van der Waals surface area contributed by atoms with E-state index in [1.807, 2.05) is 18.2 Å². The first kappa shape index (κ1) is 14.1. The summed E-state index contributed by atoms with van der Waals surface area (Å²) in [5.74, 6) is 1.04. The molecule has 2 heterocycles. The average Bonchev–Trinajstić information content (AvgIpc) is 3.02. The molecule has 0 saturated carbocycles. The molecule has 3 rings (SSSR count). The minimum atomic E-state index is 0. The third kappa shape index (κ3) is 2.84. The molecule has 2 aliphatic heterocycles. The van der Waals surface area contributed by atoms with Gasteiger partial charge in [0, 0.05) is 13.1 Å². The molecule has 1 amide bonds. The van der Waals surface area contributed by atoms with E-state index < -0.39 is 0 Å².